The highest BCUT2D eigenvalue weighted by atomic mass is 35.5. The molecule has 1 N–H and O–H groups in total. The smallest absolute Gasteiger partial charge is 0.0998 e. The minimum atomic E-state index is 0. The van der Waals surface area contributed by atoms with Crippen molar-refractivity contribution in [3.05, 3.63) is 90.0 Å². The van der Waals surface area contributed by atoms with Crippen molar-refractivity contribution in [1.29, 1.82) is 5.26 Å². The van der Waals surface area contributed by atoms with Gasteiger partial charge in [-0.05, 0) is 34.0 Å². The number of fused-ring (bicyclic) bond motifs is 1. The van der Waals surface area contributed by atoms with Crippen LogP contribution in [0.15, 0.2) is 73.2 Å². The number of rotatable bonds is 5. The zero-order valence-electron chi connectivity index (χ0n) is 16.0. The van der Waals surface area contributed by atoms with Crippen molar-refractivity contribution in [3.63, 3.8) is 0 Å². The van der Waals surface area contributed by atoms with Gasteiger partial charge in [-0.1, -0.05) is 48.5 Å². The summed E-state index contributed by atoms with van der Waals surface area (Å²) >= 11 is 0. The van der Waals surface area contributed by atoms with Gasteiger partial charge < -0.3 is 9.88 Å². The summed E-state index contributed by atoms with van der Waals surface area (Å²) in [7, 11) is 1.99. The van der Waals surface area contributed by atoms with Crippen LogP contribution in [0.4, 0.5) is 0 Å². The van der Waals surface area contributed by atoms with Crippen LogP contribution >= 0.6 is 24.8 Å². The Balaban J connectivity index is 0.00000150. The quantitative estimate of drug-likeness (QED) is 0.476. The van der Waals surface area contributed by atoms with E-state index in [4.69, 9.17) is 0 Å². The number of hydrogen-bond acceptors (Lipinski definition) is 3. The fraction of sp³-hybridized carbons (Fsp3) is 0.130. The van der Waals surface area contributed by atoms with E-state index in [1.165, 1.54) is 5.39 Å². The Morgan fingerprint density at radius 1 is 0.966 bits per heavy atom. The molecular formula is C23H22Cl2N4. The first-order valence-corrected chi connectivity index (χ1v) is 8.93. The molecule has 29 heavy (non-hydrogen) atoms. The van der Waals surface area contributed by atoms with E-state index < -0.39 is 0 Å². The Morgan fingerprint density at radius 2 is 1.76 bits per heavy atom. The largest absolute Gasteiger partial charge is 0.337 e. The number of benzene rings is 3. The highest BCUT2D eigenvalue weighted by Gasteiger charge is 2.10. The number of aryl methyl sites for hydroxylation is 1. The minimum Gasteiger partial charge on any atom is -0.337 e. The first-order valence-electron chi connectivity index (χ1n) is 8.93. The monoisotopic (exact) mass is 424 g/mol. The molecule has 3 aromatic carbocycles. The van der Waals surface area contributed by atoms with E-state index in [1.54, 1.807) is 6.33 Å². The van der Waals surface area contributed by atoms with Crippen LogP contribution in [0.25, 0.3) is 21.9 Å². The van der Waals surface area contributed by atoms with E-state index in [1.807, 2.05) is 48.1 Å². The normalized spacial score (nSPS) is 10.1. The van der Waals surface area contributed by atoms with Crippen molar-refractivity contribution >= 4 is 35.6 Å². The van der Waals surface area contributed by atoms with Gasteiger partial charge in [0.25, 0.3) is 0 Å². The zero-order chi connectivity index (χ0) is 18.6. The Kier molecular flexibility index (Phi) is 7.81. The van der Waals surface area contributed by atoms with Crippen LogP contribution in [0.1, 0.15) is 16.8 Å². The van der Waals surface area contributed by atoms with E-state index in [2.05, 4.69) is 46.7 Å². The molecule has 1 heterocycles. The number of aromatic nitrogens is 2. The lowest BCUT2D eigenvalue weighted by Gasteiger charge is -2.12. The van der Waals surface area contributed by atoms with Crippen LogP contribution in [0, 0.1) is 11.3 Å². The van der Waals surface area contributed by atoms with Gasteiger partial charge >= 0.3 is 0 Å². The molecule has 0 saturated heterocycles. The second-order valence-corrected chi connectivity index (χ2v) is 6.62. The number of nitriles is 1. The number of halogens is 2. The lowest BCUT2D eigenvalue weighted by molar-refractivity contribution is 0.655. The maximum absolute atomic E-state index is 9.60. The predicted molar refractivity (Wildman–Crippen MR) is 122 cm³/mol. The van der Waals surface area contributed by atoms with E-state index in [0.29, 0.717) is 5.56 Å². The first kappa shape index (κ1) is 22.4. The van der Waals surface area contributed by atoms with Gasteiger partial charge in [0, 0.05) is 31.9 Å². The molecule has 4 rings (SSSR count). The van der Waals surface area contributed by atoms with Gasteiger partial charge in [0.05, 0.1) is 23.7 Å². The van der Waals surface area contributed by atoms with Gasteiger partial charge in [-0.15, -0.1) is 24.8 Å². The van der Waals surface area contributed by atoms with Crippen LogP contribution in [0.3, 0.4) is 0 Å². The Bertz CT molecular complexity index is 1140. The highest BCUT2D eigenvalue weighted by molar-refractivity contribution is 5.97. The summed E-state index contributed by atoms with van der Waals surface area (Å²) in [5.74, 6) is 0. The molecule has 148 valence electrons. The summed E-state index contributed by atoms with van der Waals surface area (Å²) in [5, 5.41) is 15.4. The van der Waals surface area contributed by atoms with Gasteiger partial charge in [0.1, 0.15) is 0 Å². The maximum atomic E-state index is 9.60. The second kappa shape index (κ2) is 10.1. The Morgan fingerprint density at radius 3 is 2.52 bits per heavy atom. The maximum Gasteiger partial charge on any atom is 0.0998 e. The second-order valence-electron chi connectivity index (χ2n) is 6.62. The molecule has 0 aliphatic carbocycles. The van der Waals surface area contributed by atoms with Crippen LogP contribution in [0.2, 0.25) is 0 Å². The van der Waals surface area contributed by atoms with E-state index in [-0.39, 0.29) is 24.8 Å². The molecule has 0 bridgehead atoms. The lowest BCUT2D eigenvalue weighted by atomic mass is 9.93. The molecule has 0 aliphatic heterocycles. The van der Waals surface area contributed by atoms with Gasteiger partial charge in [0.2, 0.25) is 0 Å². The van der Waals surface area contributed by atoms with Crippen LogP contribution < -0.4 is 5.32 Å². The number of nitrogens with one attached hydrogen (secondary N) is 1. The summed E-state index contributed by atoms with van der Waals surface area (Å²) in [6.07, 6.45) is 3.67. The molecule has 0 unspecified atom stereocenters. The van der Waals surface area contributed by atoms with Crippen molar-refractivity contribution in [1.82, 2.24) is 14.9 Å². The summed E-state index contributed by atoms with van der Waals surface area (Å²) in [6.45, 7) is 1.48. The molecule has 0 spiro atoms. The minimum absolute atomic E-state index is 0. The number of nitrogens with zero attached hydrogens (tertiary/aromatic N) is 3. The molecule has 0 amide bonds. The van der Waals surface area contributed by atoms with Crippen LogP contribution in [-0.2, 0) is 20.1 Å². The van der Waals surface area contributed by atoms with Crippen molar-refractivity contribution in [2.75, 3.05) is 0 Å². The fourth-order valence-corrected chi connectivity index (χ4v) is 3.37. The van der Waals surface area contributed by atoms with E-state index in [0.717, 1.165) is 40.9 Å². The predicted octanol–water partition coefficient (Wildman–Crippen LogP) is 5.25. The molecular weight excluding hydrogens is 403 g/mol. The molecule has 6 heteroatoms. The third kappa shape index (κ3) is 4.78. The zero-order valence-corrected chi connectivity index (χ0v) is 17.6. The average Bonchev–Trinajstić information content (AvgIpc) is 3.12. The summed E-state index contributed by atoms with van der Waals surface area (Å²) < 4.78 is 2.01. The molecule has 0 fully saturated rings. The van der Waals surface area contributed by atoms with Crippen molar-refractivity contribution < 1.29 is 0 Å². The molecule has 4 nitrogen and oxygen atoms in total. The third-order valence-electron chi connectivity index (χ3n) is 4.84. The van der Waals surface area contributed by atoms with E-state index >= 15 is 0 Å². The van der Waals surface area contributed by atoms with Crippen molar-refractivity contribution in [2.24, 2.45) is 7.05 Å². The van der Waals surface area contributed by atoms with Crippen molar-refractivity contribution in [3.8, 4) is 17.2 Å². The standard InChI is InChI=1S/C23H20N4.2ClH/c1-27-16-26-15-20(27)14-25-13-17-9-10-19(12-24)23(11-17)22-8-4-6-18-5-2-3-7-21(18)22;;/h2-11,15-16,25H,13-14H2,1H3;2*1H. The molecule has 0 radical (unpaired) electrons. The van der Waals surface area contributed by atoms with E-state index in [9.17, 15) is 5.26 Å². The molecule has 4 aromatic rings. The number of imidazole rings is 1. The van der Waals surface area contributed by atoms with Gasteiger partial charge in [-0.3, -0.25) is 0 Å². The molecule has 1 aromatic heterocycles. The average molecular weight is 425 g/mol. The summed E-state index contributed by atoms with van der Waals surface area (Å²) in [6, 6.07) is 22.9. The van der Waals surface area contributed by atoms with Gasteiger partial charge in [-0.2, -0.15) is 5.26 Å². The summed E-state index contributed by atoms with van der Waals surface area (Å²) in [4.78, 5) is 4.14. The molecule has 0 aliphatic rings. The SMILES string of the molecule is Cl.Cl.Cn1cncc1CNCc1ccc(C#N)c(-c2cccc3ccccc23)c1. The highest BCUT2D eigenvalue weighted by Crippen LogP contribution is 2.31. The fourth-order valence-electron chi connectivity index (χ4n) is 3.37. The topological polar surface area (TPSA) is 53.6 Å². The van der Waals surface area contributed by atoms with Gasteiger partial charge in [0.15, 0.2) is 0 Å². The number of hydrogen-bond donors (Lipinski definition) is 1. The van der Waals surface area contributed by atoms with Gasteiger partial charge in [-0.25, -0.2) is 4.98 Å². The van der Waals surface area contributed by atoms with Crippen molar-refractivity contribution in [2.45, 2.75) is 13.1 Å². The molecule has 0 saturated carbocycles. The first-order chi connectivity index (χ1) is 13.3. The lowest BCUT2D eigenvalue weighted by Crippen LogP contribution is -2.14. The molecule has 0 atom stereocenters. The Labute approximate surface area is 183 Å². The summed E-state index contributed by atoms with van der Waals surface area (Å²) in [5.41, 5.74) is 5.06. The third-order valence-corrected chi connectivity index (χ3v) is 4.84. The van der Waals surface area contributed by atoms with Crippen LogP contribution in [0.5, 0.6) is 0 Å². The van der Waals surface area contributed by atoms with Crippen LogP contribution in [-0.4, -0.2) is 9.55 Å². The Hall–Kier alpha value is -2.84.